The molecule has 5 heterocycles. The summed E-state index contributed by atoms with van der Waals surface area (Å²) in [7, 11) is 0. The van der Waals surface area contributed by atoms with Gasteiger partial charge in [-0.05, 0) is 44.7 Å². The van der Waals surface area contributed by atoms with Crippen LogP contribution in [0.5, 0.6) is 0 Å². The molecule has 3 aromatic heterocycles. The van der Waals surface area contributed by atoms with E-state index >= 15 is 0 Å². The van der Waals surface area contributed by atoms with Crippen molar-refractivity contribution in [3.05, 3.63) is 63.5 Å². The van der Waals surface area contributed by atoms with Gasteiger partial charge in [0.05, 0.1) is 11.3 Å². The van der Waals surface area contributed by atoms with Crippen LogP contribution in [0, 0.1) is 0 Å². The summed E-state index contributed by atoms with van der Waals surface area (Å²) in [6, 6.07) is 6.36. The zero-order valence-electron chi connectivity index (χ0n) is 19.5. The Hall–Kier alpha value is -3.00. The Kier molecular flexibility index (Phi) is 6.01. The van der Waals surface area contributed by atoms with Gasteiger partial charge in [0.2, 0.25) is 5.91 Å². The van der Waals surface area contributed by atoms with Crippen LogP contribution in [0.15, 0.2) is 35.4 Å². The van der Waals surface area contributed by atoms with Gasteiger partial charge in [0, 0.05) is 75.1 Å². The Morgan fingerprint density at radius 1 is 1.24 bits per heavy atom. The molecule has 0 saturated carbocycles. The van der Waals surface area contributed by atoms with Gasteiger partial charge in [-0.25, -0.2) is 9.50 Å². The molecule has 174 valence electrons. The number of amides is 1. The van der Waals surface area contributed by atoms with Gasteiger partial charge in [-0.1, -0.05) is 6.07 Å². The Labute approximate surface area is 193 Å². The molecule has 8 heteroatoms. The smallest absolute Gasteiger partial charge is 0.277 e. The van der Waals surface area contributed by atoms with Gasteiger partial charge in [0.1, 0.15) is 0 Å². The highest BCUT2D eigenvalue weighted by Gasteiger charge is 2.27. The summed E-state index contributed by atoms with van der Waals surface area (Å²) in [5.41, 5.74) is 4.63. The first-order valence-electron chi connectivity index (χ1n) is 12.0. The molecule has 2 aliphatic rings. The minimum absolute atomic E-state index is 0.0228. The van der Waals surface area contributed by atoms with Crippen molar-refractivity contribution in [2.24, 2.45) is 0 Å². The number of aryl methyl sites for hydroxylation is 1. The fraction of sp³-hybridized carbons (Fsp3) is 0.520. The number of hydrogen-bond donors (Lipinski definition) is 1. The summed E-state index contributed by atoms with van der Waals surface area (Å²) < 4.78 is 1.61. The number of carbonyl (C=O) groups excluding carboxylic acids is 1. The molecule has 3 aromatic rings. The minimum Gasteiger partial charge on any atom is -0.343 e. The van der Waals surface area contributed by atoms with Crippen molar-refractivity contribution in [3.63, 3.8) is 0 Å². The second kappa shape index (κ2) is 9.09. The van der Waals surface area contributed by atoms with Crippen LogP contribution in [0.25, 0.3) is 5.65 Å². The Morgan fingerprint density at radius 2 is 2.06 bits per heavy atom. The number of rotatable bonds is 5. The average Bonchev–Trinajstić information content (AvgIpc) is 3.27. The lowest BCUT2D eigenvalue weighted by atomic mass is 9.93. The Bertz CT molecular complexity index is 1190. The number of likely N-dealkylation sites (tertiary alicyclic amines) is 1. The van der Waals surface area contributed by atoms with E-state index < -0.39 is 0 Å². The largest absolute Gasteiger partial charge is 0.343 e. The summed E-state index contributed by atoms with van der Waals surface area (Å²) in [5.74, 6) is 0.506. The lowest BCUT2D eigenvalue weighted by Crippen LogP contribution is -2.40. The number of piperidine rings is 1. The van der Waals surface area contributed by atoms with Crippen LogP contribution in [0.2, 0.25) is 0 Å². The quantitative estimate of drug-likeness (QED) is 0.648. The molecular weight excluding hydrogens is 416 g/mol. The molecule has 1 amide bonds. The van der Waals surface area contributed by atoms with E-state index in [0.717, 1.165) is 67.8 Å². The number of aromatic nitrogens is 4. The van der Waals surface area contributed by atoms with E-state index in [4.69, 9.17) is 4.98 Å². The van der Waals surface area contributed by atoms with Crippen LogP contribution in [-0.4, -0.2) is 61.0 Å². The summed E-state index contributed by atoms with van der Waals surface area (Å²) in [4.78, 5) is 39.1. The predicted molar refractivity (Wildman–Crippen MR) is 126 cm³/mol. The van der Waals surface area contributed by atoms with Crippen molar-refractivity contribution in [2.75, 3.05) is 19.6 Å². The van der Waals surface area contributed by atoms with Crippen LogP contribution in [0.1, 0.15) is 61.5 Å². The maximum absolute atomic E-state index is 13.2. The molecule has 0 atom stereocenters. The fourth-order valence-electron chi connectivity index (χ4n) is 5.07. The molecule has 0 unspecified atom stereocenters. The predicted octanol–water partition coefficient (Wildman–Crippen LogP) is 2.52. The van der Waals surface area contributed by atoms with E-state index in [-0.39, 0.29) is 11.5 Å². The van der Waals surface area contributed by atoms with Gasteiger partial charge in [-0.2, -0.15) is 0 Å². The third-order valence-electron chi connectivity index (χ3n) is 7.18. The molecule has 0 aliphatic carbocycles. The summed E-state index contributed by atoms with van der Waals surface area (Å²) in [6.45, 7) is 7.42. The van der Waals surface area contributed by atoms with Gasteiger partial charge >= 0.3 is 0 Å². The molecule has 33 heavy (non-hydrogen) atoms. The number of nitrogens with zero attached hydrogens (tertiary/aromatic N) is 5. The molecule has 0 aromatic carbocycles. The van der Waals surface area contributed by atoms with E-state index in [1.165, 1.54) is 0 Å². The monoisotopic (exact) mass is 448 g/mol. The summed E-state index contributed by atoms with van der Waals surface area (Å²) in [6.07, 6.45) is 7.41. The second-order valence-electron chi connectivity index (χ2n) is 9.58. The van der Waals surface area contributed by atoms with E-state index in [1.54, 1.807) is 10.7 Å². The highest BCUT2D eigenvalue weighted by molar-refractivity contribution is 5.76. The van der Waals surface area contributed by atoms with E-state index in [9.17, 15) is 9.59 Å². The zero-order valence-corrected chi connectivity index (χ0v) is 19.5. The number of carbonyl (C=O) groups is 1. The zero-order chi connectivity index (χ0) is 22.9. The van der Waals surface area contributed by atoms with Crippen molar-refractivity contribution in [3.8, 4) is 0 Å². The normalized spacial score (nSPS) is 17.6. The van der Waals surface area contributed by atoms with Crippen LogP contribution >= 0.6 is 0 Å². The van der Waals surface area contributed by atoms with E-state index in [2.05, 4.69) is 28.8 Å². The first-order valence-corrected chi connectivity index (χ1v) is 12.0. The van der Waals surface area contributed by atoms with Crippen LogP contribution in [0.3, 0.4) is 0 Å². The summed E-state index contributed by atoms with van der Waals surface area (Å²) >= 11 is 0. The number of H-pyrrole nitrogens is 1. The van der Waals surface area contributed by atoms with Gasteiger partial charge in [-0.3, -0.25) is 24.6 Å². The SMILES string of the molecule is CC(C)N1CCc2nc3cc(C4CCN(C(=O)CCc5cccnc5)CC4)[nH]n3c(=O)c2C1. The molecule has 2 aliphatic heterocycles. The standard InChI is InChI=1S/C25H32N6O2/c1-17(2)30-13-9-21-20(16-30)25(33)31-23(27-21)14-22(28-31)19-7-11-29(12-8-19)24(32)6-5-18-4-3-10-26-15-18/h3-4,10,14-15,17,19,28H,5-9,11-13,16H2,1-2H3. The molecule has 1 saturated heterocycles. The van der Waals surface area contributed by atoms with Gasteiger partial charge in [0.15, 0.2) is 5.65 Å². The number of hydrogen-bond acceptors (Lipinski definition) is 5. The van der Waals surface area contributed by atoms with E-state index in [0.29, 0.717) is 30.6 Å². The molecule has 1 N–H and O–H groups in total. The first kappa shape index (κ1) is 21.8. The van der Waals surface area contributed by atoms with Crippen LogP contribution in [-0.2, 0) is 24.2 Å². The van der Waals surface area contributed by atoms with Crippen molar-refractivity contribution in [1.29, 1.82) is 0 Å². The van der Waals surface area contributed by atoms with Gasteiger partial charge in [0.25, 0.3) is 5.56 Å². The van der Waals surface area contributed by atoms with E-state index in [1.807, 2.05) is 29.3 Å². The number of nitrogens with one attached hydrogen (secondary N) is 1. The fourth-order valence-corrected chi connectivity index (χ4v) is 5.07. The molecule has 0 spiro atoms. The Balaban J connectivity index is 1.25. The lowest BCUT2D eigenvalue weighted by molar-refractivity contribution is -0.132. The van der Waals surface area contributed by atoms with Crippen molar-refractivity contribution in [1.82, 2.24) is 29.4 Å². The number of aromatic amines is 1. The number of fused-ring (bicyclic) bond motifs is 2. The second-order valence-corrected chi connectivity index (χ2v) is 9.58. The molecule has 1 fully saturated rings. The minimum atomic E-state index is 0.0228. The maximum atomic E-state index is 13.2. The van der Waals surface area contributed by atoms with Gasteiger partial charge < -0.3 is 4.90 Å². The molecule has 0 bridgehead atoms. The highest BCUT2D eigenvalue weighted by atomic mass is 16.2. The van der Waals surface area contributed by atoms with Crippen LogP contribution in [0.4, 0.5) is 0 Å². The maximum Gasteiger partial charge on any atom is 0.277 e. The highest BCUT2D eigenvalue weighted by Crippen LogP contribution is 2.28. The average molecular weight is 449 g/mol. The van der Waals surface area contributed by atoms with Crippen molar-refractivity contribution >= 4 is 11.6 Å². The number of pyridine rings is 1. The molecule has 8 nitrogen and oxygen atoms in total. The summed E-state index contributed by atoms with van der Waals surface area (Å²) in [5, 5.41) is 3.33. The molecule has 0 radical (unpaired) electrons. The Morgan fingerprint density at radius 3 is 2.79 bits per heavy atom. The lowest BCUT2D eigenvalue weighted by Gasteiger charge is -2.31. The third-order valence-corrected chi connectivity index (χ3v) is 7.18. The van der Waals surface area contributed by atoms with Crippen molar-refractivity contribution in [2.45, 2.75) is 64.5 Å². The third kappa shape index (κ3) is 4.44. The molecule has 5 rings (SSSR count). The molecular formula is C25H32N6O2. The topological polar surface area (TPSA) is 86.6 Å². The first-order chi connectivity index (χ1) is 16.0. The van der Waals surface area contributed by atoms with Crippen molar-refractivity contribution < 1.29 is 4.79 Å². The van der Waals surface area contributed by atoms with Crippen LogP contribution < -0.4 is 5.56 Å². The van der Waals surface area contributed by atoms with Gasteiger partial charge in [-0.15, -0.1) is 0 Å².